The van der Waals surface area contributed by atoms with Crippen molar-refractivity contribution in [2.75, 3.05) is 37.6 Å². The average Bonchev–Trinajstić information content (AvgIpc) is 3.63. The van der Waals surface area contributed by atoms with Crippen molar-refractivity contribution in [1.29, 1.82) is 0 Å². The number of hydrogen-bond donors (Lipinski definition) is 0. The van der Waals surface area contributed by atoms with E-state index in [1.165, 1.54) is 89.5 Å². The van der Waals surface area contributed by atoms with Gasteiger partial charge in [-0.1, -0.05) is 42.3 Å². The number of benzene rings is 2. The number of anilines is 1. The van der Waals surface area contributed by atoms with Crippen LogP contribution in [0.4, 0.5) is 5.69 Å². The number of para-hydroxylation sites is 1. The van der Waals surface area contributed by atoms with Gasteiger partial charge in [-0.05, 0) is 95.6 Å². The van der Waals surface area contributed by atoms with Gasteiger partial charge in [0, 0.05) is 30.7 Å². The molecule has 6 rings (SSSR count). The Hall–Kier alpha value is -2.85. The third-order valence-electron chi connectivity index (χ3n) is 8.24. The number of aryl methyl sites for hydroxylation is 4. The molecule has 0 unspecified atom stereocenters. The summed E-state index contributed by atoms with van der Waals surface area (Å²) in [7, 11) is 0. The van der Waals surface area contributed by atoms with Gasteiger partial charge in [-0.15, -0.1) is 0 Å². The lowest BCUT2D eigenvalue weighted by molar-refractivity contribution is 0.233. The Morgan fingerprint density at radius 3 is 2.36 bits per heavy atom. The quantitative estimate of drug-likeness (QED) is 0.282. The first kappa shape index (κ1) is 23.5. The van der Waals surface area contributed by atoms with Crippen molar-refractivity contribution in [3.05, 3.63) is 64.8 Å². The van der Waals surface area contributed by atoms with Crippen LogP contribution >= 0.6 is 0 Å². The van der Waals surface area contributed by atoms with Gasteiger partial charge in [-0.3, -0.25) is 4.57 Å². The summed E-state index contributed by atoms with van der Waals surface area (Å²) >= 11 is 0. The maximum atomic E-state index is 5.21. The zero-order valence-corrected chi connectivity index (χ0v) is 22.5. The van der Waals surface area contributed by atoms with E-state index in [9.17, 15) is 0 Å². The van der Waals surface area contributed by atoms with E-state index < -0.39 is 0 Å². The van der Waals surface area contributed by atoms with E-state index in [0.717, 1.165) is 36.9 Å². The fourth-order valence-electron chi connectivity index (χ4n) is 6.42. The Morgan fingerprint density at radius 1 is 0.917 bits per heavy atom. The summed E-state index contributed by atoms with van der Waals surface area (Å²) in [5.41, 5.74) is 10.0. The summed E-state index contributed by atoms with van der Waals surface area (Å²) in [6.45, 7) is 14.8. The Morgan fingerprint density at radius 2 is 1.64 bits per heavy atom. The fraction of sp³-hybridized carbons (Fsp3) is 0.469. The van der Waals surface area contributed by atoms with Crippen LogP contribution < -0.4 is 4.90 Å². The highest BCUT2D eigenvalue weighted by Gasteiger charge is 2.28. The fourth-order valence-corrected chi connectivity index (χ4v) is 6.42. The molecule has 0 atom stereocenters. The van der Waals surface area contributed by atoms with Gasteiger partial charge in [0.1, 0.15) is 5.65 Å². The van der Waals surface area contributed by atoms with Crippen molar-refractivity contribution in [1.82, 2.24) is 14.5 Å². The summed E-state index contributed by atoms with van der Waals surface area (Å²) in [6, 6.07) is 15.9. The molecule has 36 heavy (non-hydrogen) atoms. The lowest BCUT2D eigenvalue weighted by Crippen LogP contribution is -2.38. The summed E-state index contributed by atoms with van der Waals surface area (Å²) < 4.78 is 2.44. The zero-order chi connectivity index (χ0) is 24.8. The van der Waals surface area contributed by atoms with Gasteiger partial charge in [0.05, 0.1) is 22.3 Å². The lowest BCUT2D eigenvalue weighted by atomic mass is 10.0. The second kappa shape index (κ2) is 9.55. The monoisotopic (exact) mass is 480 g/mol. The average molecular weight is 481 g/mol. The van der Waals surface area contributed by atoms with Gasteiger partial charge in [0.15, 0.2) is 0 Å². The highest BCUT2D eigenvalue weighted by Crippen LogP contribution is 2.40. The SMILES string of the molecule is Cc1cc(C)c(-n2c3ccccc3c3c(N(CCN4CCCCC4)CC4CC4)cc(C)nc32)c(C)c1. The standard InChI is InChI=1S/C32H40N4/c1-22-18-23(2)31(24(3)19-22)36-28-11-7-6-10-27(28)30-29(20-25(4)33-32(30)36)35(21-26-12-13-26)17-16-34-14-8-5-9-15-34/h6-7,10-11,18-20,26H,5,8-9,12-17,21H2,1-4H3. The Bertz CT molecular complexity index is 1380. The molecular weight excluding hydrogens is 440 g/mol. The Kier molecular flexibility index (Phi) is 6.25. The molecule has 4 nitrogen and oxygen atoms in total. The summed E-state index contributed by atoms with van der Waals surface area (Å²) in [4.78, 5) is 10.6. The van der Waals surface area contributed by atoms with Crippen molar-refractivity contribution in [2.24, 2.45) is 5.92 Å². The lowest BCUT2D eigenvalue weighted by Gasteiger charge is -2.32. The molecule has 2 aliphatic rings. The number of likely N-dealkylation sites (tertiary alicyclic amines) is 1. The van der Waals surface area contributed by atoms with Crippen LogP contribution in [-0.2, 0) is 0 Å². The summed E-state index contributed by atoms with van der Waals surface area (Å²) in [5.74, 6) is 0.838. The molecule has 0 spiro atoms. The van der Waals surface area contributed by atoms with Gasteiger partial charge in [0.2, 0.25) is 0 Å². The molecule has 2 aromatic carbocycles. The van der Waals surface area contributed by atoms with E-state index in [1.807, 2.05) is 0 Å². The second-order valence-corrected chi connectivity index (χ2v) is 11.4. The first-order valence-corrected chi connectivity index (χ1v) is 14.0. The van der Waals surface area contributed by atoms with Crippen LogP contribution in [0.1, 0.15) is 54.5 Å². The summed E-state index contributed by atoms with van der Waals surface area (Å²) in [6.07, 6.45) is 6.84. The maximum Gasteiger partial charge on any atom is 0.147 e. The number of nitrogens with zero attached hydrogens (tertiary/aromatic N) is 4. The van der Waals surface area contributed by atoms with E-state index in [2.05, 4.69) is 84.5 Å². The minimum Gasteiger partial charge on any atom is -0.369 e. The predicted molar refractivity (Wildman–Crippen MR) is 153 cm³/mol. The highest BCUT2D eigenvalue weighted by molar-refractivity contribution is 6.14. The van der Waals surface area contributed by atoms with Crippen molar-refractivity contribution in [3.63, 3.8) is 0 Å². The topological polar surface area (TPSA) is 24.3 Å². The van der Waals surface area contributed by atoms with E-state index in [-0.39, 0.29) is 0 Å². The predicted octanol–water partition coefficient (Wildman–Crippen LogP) is 7.11. The van der Waals surface area contributed by atoms with E-state index in [0.29, 0.717) is 0 Å². The molecule has 4 heteroatoms. The largest absolute Gasteiger partial charge is 0.369 e. The van der Waals surface area contributed by atoms with E-state index in [4.69, 9.17) is 4.98 Å². The van der Waals surface area contributed by atoms with Gasteiger partial charge in [-0.25, -0.2) is 4.98 Å². The molecule has 1 aliphatic heterocycles. The van der Waals surface area contributed by atoms with Crippen LogP contribution in [0.3, 0.4) is 0 Å². The molecule has 1 saturated heterocycles. The van der Waals surface area contributed by atoms with Gasteiger partial charge < -0.3 is 9.80 Å². The first-order chi connectivity index (χ1) is 17.5. The normalized spacial score (nSPS) is 16.8. The van der Waals surface area contributed by atoms with Crippen LogP contribution in [-0.4, -0.2) is 47.2 Å². The third kappa shape index (κ3) is 4.41. The minimum absolute atomic E-state index is 0.838. The molecule has 3 heterocycles. The van der Waals surface area contributed by atoms with E-state index >= 15 is 0 Å². The summed E-state index contributed by atoms with van der Waals surface area (Å²) in [5, 5.41) is 2.63. The van der Waals surface area contributed by atoms with Crippen molar-refractivity contribution in [2.45, 2.75) is 59.8 Å². The molecule has 0 N–H and O–H groups in total. The molecule has 0 bridgehead atoms. The molecule has 2 fully saturated rings. The first-order valence-electron chi connectivity index (χ1n) is 14.0. The van der Waals surface area contributed by atoms with Gasteiger partial charge in [-0.2, -0.15) is 0 Å². The smallest absolute Gasteiger partial charge is 0.147 e. The zero-order valence-electron chi connectivity index (χ0n) is 22.5. The molecule has 1 saturated carbocycles. The van der Waals surface area contributed by atoms with Crippen LogP contribution in [0.2, 0.25) is 0 Å². The van der Waals surface area contributed by atoms with Crippen molar-refractivity contribution >= 4 is 27.6 Å². The van der Waals surface area contributed by atoms with Crippen molar-refractivity contribution < 1.29 is 0 Å². The third-order valence-corrected chi connectivity index (χ3v) is 8.24. The molecule has 188 valence electrons. The minimum atomic E-state index is 0.838. The van der Waals surface area contributed by atoms with Crippen LogP contribution in [0.25, 0.3) is 27.6 Å². The Labute approximate surface area is 215 Å². The molecule has 0 radical (unpaired) electrons. The molecule has 0 amide bonds. The van der Waals surface area contributed by atoms with Crippen LogP contribution in [0.15, 0.2) is 42.5 Å². The molecule has 1 aliphatic carbocycles. The second-order valence-electron chi connectivity index (χ2n) is 11.4. The molecule has 4 aromatic rings. The highest BCUT2D eigenvalue weighted by atomic mass is 15.2. The molecular formula is C32H40N4. The number of hydrogen-bond acceptors (Lipinski definition) is 3. The molecule has 2 aromatic heterocycles. The van der Waals surface area contributed by atoms with E-state index in [1.54, 1.807) is 0 Å². The van der Waals surface area contributed by atoms with Gasteiger partial charge in [0.25, 0.3) is 0 Å². The van der Waals surface area contributed by atoms with Crippen molar-refractivity contribution in [3.8, 4) is 5.69 Å². The van der Waals surface area contributed by atoms with Crippen LogP contribution in [0, 0.1) is 33.6 Å². The number of fused-ring (bicyclic) bond motifs is 3. The van der Waals surface area contributed by atoms with Gasteiger partial charge >= 0.3 is 0 Å². The number of aromatic nitrogens is 2. The number of rotatable bonds is 7. The Balaban J connectivity index is 1.54. The van der Waals surface area contributed by atoms with Crippen LogP contribution in [0.5, 0.6) is 0 Å². The number of pyridine rings is 1. The number of piperidine rings is 1. The maximum absolute atomic E-state index is 5.21.